The molecule has 0 saturated carbocycles. The van der Waals surface area contributed by atoms with Crippen molar-refractivity contribution in [3.05, 3.63) is 34.1 Å². The molecule has 1 aromatic carbocycles. The lowest BCUT2D eigenvalue weighted by atomic mass is 9.93. The molecule has 0 spiro atoms. The smallest absolute Gasteiger partial charge is 0.252 e. The van der Waals surface area contributed by atoms with Crippen LogP contribution in [0.4, 0.5) is 4.39 Å². The highest BCUT2D eigenvalue weighted by Gasteiger charge is 2.19. The van der Waals surface area contributed by atoms with Gasteiger partial charge in [0, 0.05) is 17.6 Å². The maximum Gasteiger partial charge on any atom is 0.252 e. The first-order chi connectivity index (χ1) is 9.56. The molecule has 0 aliphatic carbocycles. The Morgan fingerprint density at radius 2 is 2.35 bits per heavy atom. The highest BCUT2D eigenvalue weighted by molar-refractivity contribution is 9.10. The number of nitrogens with one attached hydrogen (secondary N) is 1. The first kappa shape index (κ1) is 15.4. The molecule has 0 bridgehead atoms. The van der Waals surface area contributed by atoms with Crippen molar-refractivity contribution in [2.24, 2.45) is 5.92 Å². The molecule has 1 amide bonds. The molecule has 0 radical (unpaired) electrons. The highest BCUT2D eigenvalue weighted by Crippen LogP contribution is 2.22. The predicted molar refractivity (Wildman–Crippen MR) is 79.2 cm³/mol. The van der Waals surface area contributed by atoms with E-state index in [1.54, 1.807) is 6.07 Å². The molecule has 0 aromatic heterocycles. The quantitative estimate of drug-likeness (QED) is 0.908. The van der Waals surface area contributed by atoms with Crippen molar-refractivity contribution in [3.8, 4) is 0 Å². The molecule has 1 saturated heterocycles. The summed E-state index contributed by atoms with van der Waals surface area (Å²) in [5, 5.41) is 2.85. The van der Waals surface area contributed by atoms with Crippen LogP contribution in [-0.4, -0.2) is 25.2 Å². The Hall–Kier alpha value is -0.940. The molecule has 1 aromatic rings. The lowest BCUT2D eigenvalue weighted by molar-refractivity contribution is 0.00109. The minimum absolute atomic E-state index is 0.239. The molecule has 1 aliphatic heterocycles. The fourth-order valence-corrected chi connectivity index (χ4v) is 2.94. The molecule has 2 rings (SSSR count). The average Bonchev–Trinajstić information content (AvgIpc) is 2.41. The molecule has 2 atom stereocenters. The van der Waals surface area contributed by atoms with E-state index in [4.69, 9.17) is 4.74 Å². The van der Waals surface area contributed by atoms with E-state index in [-0.39, 0.29) is 5.91 Å². The molecule has 0 unspecified atom stereocenters. The SMILES string of the molecule is C[C@H]1C[C@@H](CCNC(=O)c2cc(F)ccc2Br)CCO1. The maximum absolute atomic E-state index is 13.1. The Morgan fingerprint density at radius 3 is 3.10 bits per heavy atom. The van der Waals surface area contributed by atoms with Crippen LogP contribution in [-0.2, 0) is 4.74 Å². The second kappa shape index (κ2) is 7.18. The first-order valence-electron chi connectivity index (χ1n) is 6.91. The highest BCUT2D eigenvalue weighted by atomic mass is 79.9. The molecular formula is C15H19BrFNO2. The van der Waals surface area contributed by atoms with Gasteiger partial charge in [-0.25, -0.2) is 4.39 Å². The van der Waals surface area contributed by atoms with Crippen LogP contribution in [0.25, 0.3) is 0 Å². The Kier molecular flexibility index (Phi) is 5.54. The fourth-order valence-electron chi connectivity index (χ4n) is 2.51. The molecule has 1 N–H and O–H groups in total. The minimum Gasteiger partial charge on any atom is -0.378 e. The van der Waals surface area contributed by atoms with Gasteiger partial charge in [0.2, 0.25) is 0 Å². The van der Waals surface area contributed by atoms with Crippen LogP contribution in [0.1, 0.15) is 36.5 Å². The summed E-state index contributed by atoms with van der Waals surface area (Å²) < 4.78 is 19.3. The Bertz CT molecular complexity index is 481. The van der Waals surface area contributed by atoms with E-state index in [1.807, 2.05) is 0 Å². The molecule has 110 valence electrons. The van der Waals surface area contributed by atoms with Gasteiger partial charge in [-0.3, -0.25) is 4.79 Å². The number of benzene rings is 1. The van der Waals surface area contributed by atoms with Gasteiger partial charge in [-0.2, -0.15) is 0 Å². The van der Waals surface area contributed by atoms with Gasteiger partial charge in [0.1, 0.15) is 5.82 Å². The predicted octanol–water partition coefficient (Wildman–Crippen LogP) is 3.52. The molecule has 1 aliphatic rings. The largest absolute Gasteiger partial charge is 0.378 e. The lowest BCUT2D eigenvalue weighted by Crippen LogP contribution is -2.29. The molecular weight excluding hydrogens is 325 g/mol. The van der Waals surface area contributed by atoms with E-state index < -0.39 is 5.82 Å². The standard InChI is InChI=1S/C15H19BrFNO2/c1-10-8-11(5-7-20-10)4-6-18-15(19)13-9-12(17)2-3-14(13)16/h2-3,9-11H,4-8H2,1H3,(H,18,19)/t10-,11-/m0/s1. The summed E-state index contributed by atoms with van der Waals surface area (Å²) in [7, 11) is 0. The number of ether oxygens (including phenoxy) is 1. The molecule has 3 nitrogen and oxygen atoms in total. The molecule has 5 heteroatoms. The third-order valence-electron chi connectivity index (χ3n) is 3.60. The van der Waals surface area contributed by atoms with Crippen molar-refractivity contribution in [2.75, 3.05) is 13.2 Å². The number of hydrogen-bond acceptors (Lipinski definition) is 2. The Balaban J connectivity index is 1.81. The van der Waals surface area contributed by atoms with Crippen molar-refractivity contribution in [2.45, 2.75) is 32.3 Å². The van der Waals surface area contributed by atoms with Crippen LogP contribution in [0.15, 0.2) is 22.7 Å². The number of halogens is 2. The third kappa shape index (κ3) is 4.28. The van der Waals surface area contributed by atoms with Crippen molar-refractivity contribution in [1.29, 1.82) is 0 Å². The summed E-state index contributed by atoms with van der Waals surface area (Å²) in [6.07, 6.45) is 3.33. The van der Waals surface area contributed by atoms with Gasteiger partial charge in [-0.15, -0.1) is 0 Å². The van der Waals surface area contributed by atoms with Crippen LogP contribution in [0.3, 0.4) is 0 Å². The van der Waals surface area contributed by atoms with Crippen LogP contribution in [0.5, 0.6) is 0 Å². The minimum atomic E-state index is -0.406. The second-order valence-corrected chi connectivity index (χ2v) is 6.09. The zero-order chi connectivity index (χ0) is 14.5. The summed E-state index contributed by atoms with van der Waals surface area (Å²) in [6.45, 7) is 3.49. The zero-order valence-corrected chi connectivity index (χ0v) is 13.1. The summed E-state index contributed by atoms with van der Waals surface area (Å²) >= 11 is 3.26. The number of carbonyl (C=O) groups excluding carboxylic acids is 1. The van der Waals surface area contributed by atoms with Gasteiger partial charge in [0.15, 0.2) is 0 Å². The summed E-state index contributed by atoms with van der Waals surface area (Å²) in [5.74, 6) is -0.0527. The summed E-state index contributed by atoms with van der Waals surface area (Å²) in [5.41, 5.74) is 0.338. The zero-order valence-electron chi connectivity index (χ0n) is 11.5. The van der Waals surface area contributed by atoms with Gasteiger partial charge in [0.05, 0.1) is 11.7 Å². The second-order valence-electron chi connectivity index (χ2n) is 5.24. The Morgan fingerprint density at radius 1 is 1.55 bits per heavy atom. The fraction of sp³-hybridized carbons (Fsp3) is 0.533. The number of rotatable bonds is 4. The van der Waals surface area contributed by atoms with Crippen molar-refractivity contribution in [1.82, 2.24) is 5.32 Å². The third-order valence-corrected chi connectivity index (χ3v) is 4.30. The van der Waals surface area contributed by atoms with Crippen LogP contribution in [0, 0.1) is 11.7 Å². The van der Waals surface area contributed by atoms with E-state index in [1.165, 1.54) is 12.1 Å². The van der Waals surface area contributed by atoms with E-state index in [0.29, 0.717) is 28.6 Å². The van der Waals surface area contributed by atoms with Crippen molar-refractivity contribution in [3.63, 3.8) is 0 Å². The number of amides is 1. The van der Waals surface area contributed by atoms with Crippen LogP contribution >= 0.6 is 15.9 Å². The van der Waals surface area contributed by atoms with Gasteiger partial charge in [-0.1, -0.05) is 0 Å². The van der Waals surface area contributed by atoms with Crippen molar-refractivity contribution < 1.29 is 13.9 Å². The average molecular weight is 344 g/mol. The van der Waals surface area contributed by atoms with Gasteiger partial charge in [-0.05, 0) is 66.2 Å². The number of carbonyl (C=O) groups is 1. The first-order valence-corrected chi connectivity index (χ1v) is 7.70. The number of hydrogen-bond donors (Lipinski definition) is 1. The summed E-state index contributed by atoms with van der Waals surface area (Å²) in [4.78, 5) is 12.0. The van der Waals surface area contributed by atoms with Crippen LogP contribution < -0.4 is 5.32 Å². The van der Waals surface area contributed by atoms with Gasteiger partial charge in [0.25, 0.3) is 5.91 Å². The van der Waals surface area contributed by atoms with Gasteiger partial charge >= 0.3 is 0 Å². The summed E-state index contributed by atoms with van der Waals surface area (Å²) in [6, 6.07) is 4.12. The monoisotopic (exact) mass is 343 g/mol. The molecule has 1 heterocycles. The Labute approximate surface area is 127 Å². The van der Waals surface area contributed by atoms with E-state index in [2.05, 4.69) is 28.2 Å². The topological polar surface area (TPSA) is 38.3 Å². The lowest BCUT2D eigenvalue weighted by Gasteiger charge is -2.27. The van der Waals surface area contributed by atoms with E-state index in [0.717, 1.165) is 25.9 Å². The normalized spacial score (nSPS) is 22.6. The van der Waals surface area contributed by atoms with Crippen LogP contribution in [0.2, 0.25) is 0 Å². The van der Waals surface area contributed by atoms with Crippen molar-refractivity contribution >= 4 is 21.8 Å². The molecule has 20 heavy (non-hydrogen) atoms. The molecule has 1 fully saturated rings. The van der Waals surface area contributed by atoms with Gasteiger partial charge < -0.3 is 10.1 Å². The van der Waals surface area contributed by atoms with E-state index in [9.17, 15) is 9.18 Å². The maximum atomic E-state index is 13.1. The van der Waals surface area contributed by atoms with E-state index >= 15 is 0 Å².